The number of para-hydroxylation sites is 1. The van der Waals surface area contributed by atoms with Crippen LogP contribution in [0, 0.1) is 5.82 Å². The zero-order valence-electron chi connectivity index (χ0n) is 16.9. The van der Waals surface area contributed by atoms with E-state index in [9.17, 15) is 9.18 Å². The summed E-state index contributed by atoms with van der Waals surface area (Å²) in [6.07, 6.45) is 2.38. The van der Waals surface area contributed by atoms with Gasteiger partial charge in [0.1, 0.15) is 16.5 Å². The number of furan rings is 1. The highest BCUT2D eigenvalue weighted by atomic mass is 32.2. The molecule has 0 aliphatic heterocycles. The SMILES string of the molecule is CCC(C)NC(=O)c1csc(CSc2nnc(-c3ccco3)n2-c2ccccc2F)n1. The molecule has 3 aromatic heterocycles. The van der Waals surface area contributed by atoms with Crippen LogP contribution in [0.5, 0.6) is 0 Å². The van der Waals surface area contributed by atoms with Crippen molar-refractivity contribution in [2.45, 2.75) is 37.2 Å². The van der Waals surface area contributed by atoms with Gasteiger partial charge in [0.2, 0.25) is 5.82 Å². The Labute approximate surface area is 186 Å². The zero-order chi connectivity index (χ0) is 21.8. The summed E-state index contributed by atoms with van der Waals surface area (Å²) >= 11 is 2.76. The predicted octanol–water partition coefficient (Wildman–Crippen LogP) is 4.94. The molecule has 10 heteroatoms. The van der Waals surface area contributed by atoms with E-state index >= 15 is 0 Å². The molecule has 0 fully saturated rings. The molecule has 0 aliphatic rings. The van der Waals surface area contributed by atoms with Crippen LogP contribution in [-0.4, -0.2) is 31.7 Å². The maximum absolute atomic E-state index is 14.6. The minimum Gasteiger partial charge on any atom is -0.461 e. The number of thiazole rings is 1. The Morgan fingerprint density at radius 3 is 2.87 bits per heavy atom. The summed E-state index contributed by atoms with van der Waals surface area (Å²) in [4.78, 5) is 16.7. The van der Waals surface area contributed by atoms with Gasteiger partial charge >= 0.3 is 0 Å². The molecule has 1 amide bonds. The number of benzene rings is 1. The van der Waals surface area contributed by atoms with Gasteiger partial charge in [0.15, 0.2) is 10.9 Å². The first kappa shape index (κ1) is 21.3. The van der Waals surface area contributed by atoms with E-state index in [1.54, 1.807) is 40.3 Å². The summed E-state index contributed by atoms with van der Waals surface area (Å²) in [6, 6.07) is 10.0. The molecule has 0 spiro atoms. The number of halogens is 1. The van der Waals surface area contributed by atoms with E-state index in [0.717, 1.165) is 11.4 Å². The number of hydrogen-bond acceptors (Lipinski definition) is 7. The third-order valence-electron chi connectivity index (χ3n) is 4.57. The van der Waals surface area contributed by atoms with Crippen LogP contribution in [0.2, 0.25) is 0 Å². The Hall–Kier alpha value is -2.98. The van der Waals surface area contributed by atoms with Crippen molar-refractivity contribution in [2.75, 3.05) is 0 Å². The molecule has 1 aromatic carbocycles. The highest BCUT2D eigenvalue weighted by molar-refractivity contribution is 7.98. The molecule has 1 unspecified atom stereocenters. The van der Waals surface area contributed by atoms with Crippen LogP contribution in [0.25, 0.3) is 17.3 Å². The second-order valence-electron chi connectivity index (χ2n) is 6.77. The first-order chi connectivity index (χ1) is 15.1. The molecule has 7 nitrogen and oxygen atoms in total. The number of nitrogens with zero attached hydrogens (tertiary/aromatic N) is 4. The number of hydrogen-bond donors (Lipinski definition) is 1. The summed E-state index contributed by atoms with van der Waals surface area (Å²) in [5.74, 6) is 0.782. The van der Waals surface area contributed by atoms with E-state index in [4.69, 9.17) is 4.42 Å². The third kappa shape index (κ3) is 4.70. The number of amides is 1. The average molecular weight is 458 g/mol. The lowest BCUT2D eigenvalue weighted by molar-refractivity contribution is 0.0935. The number of thioether (sulfide) groups is 1. The Bertz CT molecular complexity index is 1170. The number of nitrogens with one attached hydrogen (secondary N) is 1. The molecule has 0 saturated heterocycles. The van der Waals surface area contributed by atoms with Crippen LogP contribution >= 0.6 is 23.1 Å². The molecular formula is C21H20FN5O2S2. The Kier molecular flexibility index (Phi) is 6.47. The molecule has 4 rings (SSSR count). The van der Waals surface area contributed by atoms with Gasteiger partial charge in [-0.2, -0.15) is 0 Å². The Morgan fingerprint density at radius 1 is 1.29 bits per heavy atom. The smallest absolute Gasteiger partial charge is 0.270 e. The van der Waals surface area contributed by atoms with Crippen molar-refractivity contribution in [3.8, 4) is 17.3 Å². The minimum absolute atomic E-state index is 0.0892. The number of aromatic nitrogens is 4. The standard InChI is InChI=1S/C21H20FN5O2S2/c1-3-13(2)23-20(28)15-11-30-18(24-15)12-31-21-26-25-19(17-9-6-10-29-17)27(21)16-8-5-4-7-14(16)22/h4-11,13H,3,12H2,1-2H3,(H,23,28). The van der Waals surface area contributed by atoms with Gasteiger partial charge in [-0.3, -0.25) is 9.36 Å². The van der Waals surface area contributed by atoms with Gasteiger partial charge in [-0.1, -0.05) is 30.8 Å². The van der Waals surface area contributed by atoms with Gasteiger partial charge in [-0.25, -0.2) is 9.37 Å². The zero-order valence-corrected chi connectivity index (χ0v) is 18.5. The van der Waals surface area contributed by atoms with E-state index in [1.165, 1.54) is 35.4 Å². The average Bonchev–Trinajstić information content (AvgIpc) is 3.52. The fraction of sp³-hybridized carbons (Fsp3) is 0.238. The van der Waals surface area contributed by atoms with Crippen molar-refractivity contribution in [3.63, 3.8) is 0 Å². The lowest BCUT2D eigenvalue weighted by Gasteiger charge is -2.10. The monoisotopic (exact) mass is 457 g/mol. The van der Waals surface area contributed by atoms with Crippen LogP contribution in [0.4, 0.5) is 4.39 Å². The molecule has 4 aromatic rings. The molecule has 1 atom stereocenters. The van der Waals surface area contributed by atoms with Gasteiger partial charge in [0.25, 0.3) is 5.91 Å². The van der Waals surface area contributed by atoms with Crippen LogP contribution in [0.3, 0.4) is 0 Å². The second kappa shape index (κ2) is 9.44. The highest BCUT2D eigenvalue weighted by Gasteiger charge is 2.21. The fourth-order valence-electron chi connectivity index (χ4n) is 2.79. The molecule has 160 valence electrons. The van der Waals surface area contributed by atoms with Crippen molar-refractivity contribution in [1.29, 1.82) is 0 Å². The summed E-state index contributed by atoms with van der Waals surface area (Å²) in [7, 11) is 0. The predicted molar refractivity (Wildman–Crippen MR) is 118 cm³/mol. The topological polar surface area (TPSA) is 85.8 Å². The molecule has 3 heterocycles. The largest absolute Gasteiger partial charge is 0.461 e. The maximum Gasteiger partial charge on any atom is 0.270 e. The van der Waals surface area contributed by atoms with Crippen LogP contribution in [-0.2, 0) is 5.75 Å². The Balaban J connectivity index is 1.57. The van der Waals surface area contributed by atoms with Gasteiger partial charge in [0, 0.05) is 11.4 Å². The highest BCUT2D eigenvalue weighted by Crippen LogP contribution is 2.31. The molecule has 0 saturated carbocycles. The maximum atomic E-state index is 14.6. The van der Waals surface area contributed by atoms with Crippen LogP contribution < -0.4 is 5.32 Å². The molecule has 31 heavy (non-hydrogen) atoms. The lowest BCUT2D eigenvalue weighted by atomic mass is 10.2. The molecule has 0 bridgehead atoms. The first-order valence-electron chi connectivity index (χ1n) is 9.69. The number of rotatable bonds is 8. The van der Waals surface area contributed by atoms with E-state index < -0.39 is 5.82 Å². The van der Waals surface area contributed by atoms with Gasteiger partial charge in [0.05, 0.1) is 17.7 Å². The number of carbonyl (C=O) groups is 1. The van der Waals surface area contributed by atoms with Gasteiger partial charge < -0.3 is 9.73 Å². The van der Waals surface area contributed by atoms with E-state index in [0.29, 0.717) is 33.9 Å². The van der Waals surface area contributed by atoms with E-state index in [1.807, 2.05) is 13.8 Å². The molecule has 1 N–H and O–H groups in total. The van der Waals surface area contributed by atoms with Crippen molar-refractivity contribution in [1.82, 2.24) is 25.1 Å². The molecular weight excluding hydrogens is 437 g/mol. The van der Waals surface area contributed by atoms with Gasteiger partial charge in [-0.15, -0.1) is 21.5 Å². The van der Waals surface area contributed by atoms with Crippen molar-refractivity contribution < 1.29 is 13.6 Å². The lowest BCUT2D eigenvalue weighted by Crippen LogP contribution is -2.32. The molecule has 0 aliphatic carbocycles. The summed E-state index contributed by atoms with van der Waals surface area (Å²) in [6.45, 7) is 3.96. The quantitative estimate of drug-likeness (QED) is 0.377. The van der Waals surface area contributed by atoms with Crippen molar-refractivity contribution in [2.24, 2.45) is 0 Å². The number of carbonyl (C=O) groups excluding carboxylic acids is 1. The van der Waals surface area contributed by atoms with E-state index in [-0.39, 0.29) is 11.9 Å². The summed E-state index contributed by atoms with van der Waals surface area (Å²) < 4.78 is 21.7. The normalized spacial score (nSPS) is 12.1. The summed E-state index contributed by atoms with van der Waals surface area (Å²) in [5.41, 5.74) is 0.724. The van der Waals surface area contributed by atoms with Crippen LogP contribution in [0.15, 0.2) is 57.6 Å². The van der Waals surface area contributed by atoms with Gasteiger partial charge in [-0.05, 0) is 37.6 Å². The first-order valence-corrected chi connectivity index (χ1v) is 11.6. The van der Waals surface area contributed by atoms with Crippen LogP contribution in [0.1, 0.15) is 35.8 Å². The fourth-order valence-corrected chi connectivity index (χ4v) is 4.52. The van der Waals surface area contributed by atoms with E-state index in [2.05, 4.69) is 20.5 Å². The minimum atomic E-state index is -0.393. The summed E-state index contributed by atoms with van der Waals surface area (Å²) in [5, 5.41) is 14.4. The Morgan fingerprint density at radius 2 is 2.13 bits per heavy atom. The third-order valence-corrected chi connectivity index (χ3v) is 6.54. The van der Waals surface area contributed by atoms with Crippen molar-refractivity contribution in [3.05, 3.63) is 64.6 Å². The second-order valence-corrected chi connectivity index (χ2v) is 8.65. The molecule has 0 radical (unpaired) electrons. The van der Waals surface area contributed by atoms with Crippen molar-refractivity contribution >= 4 is 29.0 Å².